The number of hydrogen-bond donors (Lipinski definition) is 0. The van der Waals surface area contributed by atoms with E-state index in [0.29, 0.717) is 17.8 Å². The Bertz CT molecular complexity index is 854. The summed E-state index contributed by atoms with van der Waals surface area (Å²) in [5.74, 6) is 2.20. The fourth-order valence-electron chi connectivity index (χ4n) is 5.20. The molecule has 0 amide bonds. The summed E-state index contributed by atoms with van der Waals surface area (Å²) in [7, 11) is -3.73. The van der Waals surface area contributed by atoms with E-state index in [4.69, 9.17) is 0 Å². The monoisotopic (exact) mass is 364 g/mol. The first-order chi connectivity index (χ1) is 11.8. The zero-order valence-electron chi connectivity index (χ0n) is 16.1. The van der Waals surface area contributed by atoms with Gasteiger partial charge in [-0.15, -0.1) is 0 Å². The Kier molecular flexibility index (Phi) is 5.45. The van der Waals surface area contributed by atoms with E-state index in [1.165, 1.54) is 17.6 Å². The molecule has 0 saturated heterocycles. The second-order valence-electron chi connectivity index (χ2n) is 8.11. The van der Waals surface area contributed by atoms with Crippen LogP contribution in [0.4, 0.5) is 0 Å². The zero-order valence-corrected chi connectivity index (χ0v) is 16.9. The molecule has 6 heteroatoms. The maximum atomic E-state index is 12.5. The number of nitrogens with zero attached hydrogens (tertiary/aromatic N) is 2. The fourth-order valence-corrected chi connectivity index (χ4v) is 5.98. The molecule has 0 radical (unpaired) electrons. The van der Waals surface area contributed by atoms with Crippen molar-refractivity contribution in [3.05, 3.63) is 45.8 Å². The van der Waals surface area contributed by atoms with E-state index < -0.39 is 10.0 Å². The molecule has 1 aromatic carbocycles. The summed E-state index contributed by atoms with van der Waals surface area (Å²) in [5, 5.41) is 4.35. The fraction of sp³-hybridized carbons (Fsp3) is 0.550. The standard InChI is InChI=1S/C20H25N2O2S.Li/c1-12(2)19-15-8-14-9-16(11-15)20(18(19)10-14)21-22-25(23,24)17-6-4-13(3)5-7-17;/h4-7,14-16,18H,8-11H2,1-3H3;/q-1;+1/b21-20+;/t14-,15+,16-,18+;/m0./s1. The Hall–Kier alpha value is -1.02. The van der Waals surface area contributed by atoms with Crippen LogP contribution in [0.25, 0.3) is 4.83 Å². The molecule has 0 aliphatic heterocycles. The quantitative estimate of drug-likeness (QED) is 0.467. The first kappa shape index (κ1) is 19.7. The summed E-state index contributed by atoms with van der Waals surface area (Å²) in [4.78, 5) is 4.05. The molecule has 4 saturated carbocycles. The summed E-state index contributed by atoms with van der Waals surface area (Å²) in [6, 6.07) is 6.79. The van der Waals surface area contributed by atoms with Gasteiger partial charge in [-0.05, 0) is 76.3 Å². The van der Waals surface area contributed by atoms with Gasteiger partial charge in [-0.25, -0.2) is 8.42 Å². The van der Waals surface area contributed by atoms with E-state index in [0.717, 1.165) is 36.5 Å². The Balaban J connectivity index is 0.00000196. The Morgan fingerprint density at radius 3 is 2.35 bits per heavy atom. The first-order valence-corrected chi connectivity index (χ1v) is 10.6. The summed E-state index contributed by atoms with van der Waals surface area (Å²) >= 11 is 0. The van der Waals surface area contributed by atoms with Crippen molar-refractivity contribution in [1.29, 1.82) is 0 Å². The molecule has 4 bridgehead atoms. The van der Waals surface area contributed by atoms with Crippen LogP contribution >= 0.6 is 0 Å². The maximum absolute atomic E-state index is 12.5. The van der Waals surface area contributed by atoms with E-state index in [1.54, 1.807) is 24.3 Å². The largest absolute Gasteiger partial charge is 1.00 e. The molecule has 0 aromatic heterocycles. The van der Waals surface area contributed by atoms with Gasteiger partial charge in [0.2, 0.25) is 0 Å². The summed E-state index contributed by atoms with van der Waals surface area (Å²) in [6.45, 7) is 6.29. The molecule has 0 heterocycles. The summed E-state index contributed by atoms with van der Waals surface area (Å²) in [5.41, 5.74) is 4.93. The van der Waals surface area contributed by atoms with E-state index in [9.17, 15) is 8.42 Å². The van der Waals surface area contributed by atoms with E-state index in [1.807, 2.05) is 6.92 Å². The minimum Gasteiger partial charge on any atom is -0.491 e. The van der Waals surface area contributed by atoms with E-state index in [-0.39, 0.29) is 23.8 Å². The molecule has 0 spiro atoms. The third-order valence-electron chi connectivity index (χ3n) is 6.12. The van der Waals surface area contributed by atoms with Crippen LogP contribution in [0, 0.1) is 30.6 Å². The summed E-state index contributed by atoms with van der Waals surface area (Å²) < 4.78 is 25.0. The Labute approximate surface area is 168 Å². The van der Waals surface area contributed by atoms with Gasteiger partial charge in [0.05, 0.1) is 4.90 Å². The van der Waals surface area contributed by atoms with Gasteiger partial charge < -0.3 is 9.93 Å². The number of rotatable bonds is 3. The number of sulfonamides is 1. The Morgan fingerprint density at radius 1 is 1.04 bits per heavy atom. The number of benzene rings is 1. The predicted octanol–water partition coefficient (Wildman–Crippen LogP) is 1.82. The van der Waals surface area contributed by atoms with Crippen molar-refractivity contribution in [2.75, 3.05) is 0 Å². The van der Waals surface area contributed by atoms with E-state index >= 15 is 0 Å². The van der Waals surface area contributed by atoms with Crippen LogP contribution in [0.15, 0.2) is 45.4 Å². The van der Waals surface area contributed by atoms with Crippen LogP contribution in [0.3, 0.4) is 0 Å². The van der Waals surface area contributed by atoms with Crippen molar-refractivity contribution in [2.24, 2.45) is 28.8 Å². The predicted molar refractivity (Wildman–Crippen MR) is 100.0 cm³/mol. The molecular formula is C20H25LiN2O2S. The van der Waals surface area contributed by atoms with Gasteiger partial charge in [-0.1, -0.05) is 28.8 Å². The molecule has 0 N–H and O–H groups in total. The van der Waals surface area contributed by atoms with Gasteiger partial charge in [-0.3, -0.25) is 0 Å². The molecule has 1 aromatic rings. The average Bonchev–Trinajstić information content (AvgIpc) is 2.53. The minimum absolute atomic E-state index is 0. The Morgan fingerprint density at radius 2 is 1.69 bits per heavy atom. The molecule has 0 unspecified atom stereocenters. The van der Waals surface area contributed by atoms with Crippen molar-refractivity contribution < 1.29 is 27.3 Å². The van der Waals surface area contributed by atoms with Gasteiger partial charge in [0.1, 0.15) is 10.0 Å². The number of hydrogen-bond acceptors (Lipinski definition) is 3. The van der Waals surface area contributed by atoms with Crippen LogP contribution < -0.4 is 18.9 Å². The molecule has 4 atom stereocenters. The number of allylic oxidation sites excluding steroid dienone is 2. The zero-order chi connectivity index (χ0) is 17.8. The van der Waals surface area contributed by atoms with Crippen LogP contribution in [0.2, 0.25) is 0 Å². The van der Waals surface area contributed by atoms with Gasteiger partial charge in [0.15, 0.2) is 0 Å². The molecule has 5 rings (SSSR count). The first-order valence-electron chi connectivity index (χ1n) is 9.14. The van der Waals surface area contributed by atoms with Crippen LogP contribution in [0.5, 0.6) is 0 Å². The van der Waals surface area contributed by atoms with Crippen molar-refractivity contribution in [3.8, 4) is 0 Å². The van der Waals surface area contributed by atoms with Crippen molar-refractivity contribution in [1.82, 2.24) is 0 Å². The van der Waals surface area contributed by atoms with Crippen molar-refractivity contribution in [2.45, 2.75) is 51.3 Å². The molecule has 26 heavy (non-hydrogen) atoms. The van der Waals surface area contributed by atoms with Crippen LogP contribution in [-0.4, -0.2) is 14.1 Å². The summed E-state index contributed by atoms with van der Waals surface area (Å²) in [6.07, 6.45) is 4.69. The molecule has 4 nitrogen and oxygen atoms in total. The number of aryl methyl sites for hydroxylation is 1. The maximum Gasteiger partial charge on any atom is 1.00 e. The molecule has 4 fully saturated rings. The topological polar surface area (TPSA) is 60.6 Å². The van der Waals surface area contributed by atoms with Crippen molar-refractivity contribution in [3.63, 3.8) is 0 Å². The second kappa shape index (κ2) is 7.18. The van der Waals surface area contributed by atoms with Gasteiger partial charge >= 0.3 is 18.9 Å². The third kappa shape index (κ3) is 3.42. The van der Waals surface area contributed by atoms with E-state index in [2.05, 4.69) is 23.8 Å². The van der Waals surface area contributed by atoms with Gasteiger partial charge in [0, 0.05) is 11.6 Å². The SMILES string of the molecule is CC(C)=C1[C@@H]2C[C@H]3C[C@@H](C2)/C(=N\[N-]S(=O)(=O)c2ccc(C)cc2)[C@@H]1C3.[Li+]. The molecule has 4 aliphatic rings. The smallest absolute Gasteiger partial charge is 0.491 e. The van der Waals surface area contributed by atoms with Gasteiger partial charge in [0.25, 0.3) is 0 Å². The van der Waals surface area contributed by atoms with Crippen LogP contribution in [0.1, 0.15) is 45.1 Å². The third-order valence-corrected chi connectivity index (χ3v) is 7.29. The molecule has 134 valence electrons. The normalized spacial score (nSPS) is 31.0. The molecular weight excluding hydrogens is 339 g/mol. The minimum atomic E-state index is -3.73. The average molecular weight is 364 g/mol. The van der Waals surface area contributed by atoms with Crippen molar-refractivity contribution >= 4 is 15.7 Å². The molecule has 4 aliphatic carbocycles. The van der Waals surface area contributed by atoms with Gasteiger partial charge in [-0.2, -0.15) is 0 Å². The second-order valence-corrected chi connectivity index (χ2v) is 9.69. The van der Waals surface area contributed by atoms with Crippen LogP contribution in [-0.2, 0) is 10.0 Å².